The van der Waals surface area contributed by atoms with Crippen LogP contribution in [-0.4, -0.2) is 25.5 Å². The Morgan fingerprint density at radius 3 is 1.18 bits per heavy atom. The molecule has 0 aliphatic heterocycles. The zero-order chi connectivity index (χ0) is 9.49. The molecule has 0 unspecified atom stereocenters. The molecule has 0 atom stereocenters. The standard InChI is InChI=1S/C6H14.C4H11N/c1-5-6(2,3)4;1-4-5(2)3/h5H2,1-4H3;4H2,1-3H3. The molecule has 0 heterocycles. The van der Waals surface area contributed by atoms with Crippen LogP contribution in [0.2, 0.25) is 0 Å². The van der Waals surface area contributed by atoms with E-state index >= 15 is 0 Å². The van der Waals surface area contributed by atoms with Gasteiger partial charge in [-0.25, -0.2) is 0 Å². The maximum Gasteiger partial charge on any atom is -0.00533 e. The van der Waals surface area contributed by atoms with Crippen LogP contribution >= 0.6 is 0 Å². The summed E-state index contributed by atoms with van der Waals surface area (Å²) in [5.41, 5.74) is 0.542. The molecule has 0 bridgehead atoms. The van der Waals surface area contributed by atoms with Crippen molar-refractivity contribution in [3.05, 3.63) is 0 Å². The molecular formula is C10H25N. The lowest BCUT2D eigenvalue weighted by molar-refractivity contribution is 0.398. The molecule has 0 aliphatic rings. The van der Waals surface area contributed by atoms with Gasteiger partial charge in [-0.05, 0) is 26.1 Å². The van der Waals surface area contributed by atoms with Gasteiger partial charge in [0.05, 0.1) is 0 Å². The van der Waals surface area contributed by atoms with Crippen molar-refractivity contribution >= 4 is 0 Å². The molecule has 1 heteroatoms. The fraction of sp³-hybridized carbons (Fsp3) is 1.00. The lowest BCUT2D eigenvalue weighted by atomic mass is 9.94. The second kappa shape index (κ2) is 6.66. The van der Waals surface area contributed by atoms with E-state index in [2.05, 4.69) is 53.6 Å². The highest BCUT2D eigenvalue weighted by Crippen LogP contribution is 2.16. The fourth-order valence-electron chi connectivity index (χ4n) is 0. The predicted molar refractivity (Wildman–Crippen MR) is 54.0 cm³/mol. The summed E-state index contributed by atoms with van der Waals surface area (Å²) in [5.74, 6) is 0. The van der Waals surface area contributed by atoms with Crippen LogP contribution in [0.1, 0.15) is 41.0 Å². The minimum Gasteiger partial charge on any atom is -0.310 e. The second-order valence-corrected chi connectivity index (χ2v) is 4.31. The Hall–Kier alpha value is -0.0400. The van der Waals surface area contributed by atoms with Crippen molar-refractivity contribution in [2.45, 2.75) is 41.0 Å². The van der Waals surface area contributed by atoms with E-state index in [1.165, 1.54) is 6.42 Å². The molecule has 0 aromatic carbocycles. The Morgan fingerprint density at radius 2 is 1.18 bits per heavy atom. The molecule has 0 saturated carbocycles. The Balaban J connectivity index is 0. The Bertz CT molecular complexity index is 69.4. The first-order chi connectivity index (χ1) is 4.83. The van der Waals surface area contributed by atoms with Gasteiger partial charge in [-0.1, -0.05) is 41.0 Å². The summed E-state index contributed by atoms with van der Waals surface area (Å²) in [4.78, 5) is 2.12. The van der Waals surface area contributed by atoms with Crippen molar-refractivity contribution in [3.8, 4) is 0 Å². The van der Waals surface area contributed by atoms with Gasteiger partial charge in [-0.15, -0.1) is 0 Å². The van der Waals surface area contributed by atoms with Gasteiger partial charge in [0.15, 0.2) is 0 Å². The average molecular weight is 159 g/mol. The van der Waals surface area contributed by atoms with Gasteiger partial charge in [-0.3, -0.25) is 0 Å². The van der Waals surface area contributed by atoms with Crippen LogP contribution in [0.25, 0.3) is 0 Å². The average Bonchev–Trinajstić information content (AvgIpc) is 1.88. The predicted octanol–water partition coefficient (Wildman–Crippen LogP) is 3.01. The van der Waals surface area contributed by atoms with Crippen LogP contribution < -0.4 is 0 Å². The maximum atomic E-state index is 2.24. The van der Waals surface area contributed by atoms with Gasteiger partial charge >= 0.3 is 0 Å². The first-order valence-electron chi connectivity index (χ1n) is 4.48. The highest BCUT2D eigenvalue weighted by Gasteiger charge is 2.03. The highest BCUT2D eigenvalue weighted by atomic mass is 15.0. The maximum absolute atomic E-state index is 2.24. The van der Waals surface area contributed by atoms with Crippen LogP contribution in [0.15, 0.2) is 0 Å². The zero-order valence-electron chi connectivity index (χ0n) is 9.36. The number of hydrogen-bond donors (Lipinski definition) is 0. The van der Waals surface area contributed by atoms with Crippen molar-refractivity contribution in [1.29, 1.82) is 0 Å². The Kier molecular flexibility index (Phi) is 8.20. The SMILES string of the molecule is CCC(C)(C)C.CCN(C)C. The van der Waals surface area contributed by atoms with Gasteiger partial charge in [0.2, 0.25) is 0 Å². The van der Waals surface area contributed by atoms with Crippen molar-refractivity contribution in [3.63, 3.8) is 0 Å². The molecule has 0 aromatic rings. The van der Waals surface area contributed by atoms with Gasteiger partial charge in [0, 0.05) is 0 Å². The van der Waals surface area contributed by atoms with E-state index in [0.29, 0.717) is 5.41 Å². The second-order valence-electron chi connectivity index (χ2n) is 4.31. The molecule has 0 N–H and O–H groups in total. The number of nitrogens with zero attached hydrogens (tertiary/aromatic N) is 1. The molecule has 0 fully saturated rings. The summed E-state index contributed by atoms with van der Waals surface area (Å²) in [7, 11) is 4.11. The summed E-state index contributed by atoms with van der Waals surface area (Å²) < 4.78 is 0. The number of rotatable bonds is 1. The quantitative estimate of drug-likeness (QED) is 0.568. The van der Waals surface area contributed by atoms with Gasteiger partial charge in [0.1, 0.15) is 0 Å². The van der Waals surface area contributed by atoms with E-state index in [1.807, 2.05) is 0 Å². The summed E-state index contributed by atoms with van der Waals surface area (Å²) >= 11 is 0. The van der Waals surface area contributed by atoms with Crippen LogP contribution in [0.5, 0.6) is 0 Å². The lowest BCUT2D eigenvalue weighted by Crippen LogP contribution is -2.08. The first-order valence-corrected chi connectivity index (χ1v) is 4.48. The molecule has 0 amide bonds. The molecule has 0 rings (SSSR count). The summed E-state index contributed by atoms with van der Waals surface area (Å²) in [6.07, 6.45) is 1.27. The van der Waals surface area contributed by atoms with E-state index in [-0.39, 0.29) is 0 Å². The van der Waals surface area contributed by atoms with E-state index in [1.54, 1.807) is 0 Å². The Labute approximate surface area is 72.8 Å². The highest BCUT2D eigenvalue weighted by molar-refractivity contribution is 4.55. The molecule has 11 heavy (non-hydrogen) atoms. The molecule has 0 aromatic heterocycles. The summed E-state index contributed by atoms with van der Waals surface area (Å²) in [5, 5.41) is 0. The number of hydrogen-bond acceptors (Lipinski definition) is 1. The van der Waals surface area contributed by atoms with Crippen molar-refractivity contribution in [2.24, 2.45) is 5.41 Å². The summed E-state index contributed by atoms with van der Waals surface area (Å²) in [6.45, 7) is 12.2. The first kappa shape index (κ1) is 13.5. The van der Waals surface area contributed by atoms with E-state index in [4.69, 9.17) is 0 Å². The monoisotopic (exact) mass is 159 g/mol. The topological polar surface area (TPSA) is 3.24 Å². The van der Waals surface area contributed by atoms with Crippen LogP contribution in [-0.2, 0) is 0 Å². The lowest BCUT2D eigenvalue weighted by Gasteiger charge is -2.12. The minimum atomic E-state index is 0.542. The van der Waals surface area contributed by atoms with Crippen LogP contribution in [0.4, 0.5) is 0 Å². The zero-order valence-corrected chi connectivity index (χ0v) is 9.36. The molecule has 70 valence electrons. The molecule has 0 aliphatic carbocycles. The molecule has 1 nitrogen and oxygen atoms in total. The molecule has 0 saturated heterocycles. The molecule has 0 radical (unpaired) electrons. The van der Waals surface area contributed by atoms with Gasteiger partial charge in [0.25, 0.3) is 0 Å². The fourth-order valence-corrected chi connectivity index (χ4v) is 0. The third-order valence-electron chi connectivity index (χ3n) is 1.69. The third-order valence-corrected chi connectivity index (χ3v) is 1.69. The molecular weight excluding hydrogens is 134 g/mol. The summed E-state index contributed by atoms with van der Waals surface area (Å²) in [6, 6.07) is 0. The van der Waals surface area contributed by atoms with E-state index < -0.39 is 0 Å². The normalized spacial score (nSPS) is 10.9. The smallest absolute Gasteiger partial charge is 0.00533 e. The third kappa shape index (κ3) is 25.7. The van der Waals surface area contributed by atoms with Crippen molar-refractivity contribution in [2.75, 3.05) is 20.6 Å². The largest absolute Gasteiger partial charge is 0.310 e. The Morgan fingerprint density at radius 1 is 1.00 bits per heavy atom. The van der Waals surface area contributed by atoms with Gasteiger partial charge in [-0.2, -0.15) is 0 Å². The minimum absolute atomic E-state index is 0.542. The van der Waals surface area contributed by atoms with E-state index in [0.717, 1.165) is 6.54 Å². The van der Waals surface area contributed by atoms with Crippen molar-refractivity contribution in [1.82, 2.24) is 4.90 Å². The van der Waals surface area contributed by atoms with Gasteiger partial charge < -0.3 is 4.90 Å². The molecule has 0 spiro atoms. The van der Waals surface area contributed by atoms with Crippen LogP contribution in [0, 0.1) is 5.41 Å². The van der Waals surface area contributed by atoms with Crippen molar-refractivity contribution < 1.29 is 0 Å². The van der Waals surface area contributed by atoms with Crippen LogP contribution in [0.3, 0.4) is 0 Å². The van der Waals surface area contributed by atoms with E-state index in [9.17, 15) is 0 Å².